The molecule has 3 rings (SSSR count). The lowest BCUT2D eigenvalue weighted by Gasteiger charge is -2.32. The maximum Gasteiger partial charge on any atom is 0.227 e. The van der Waals surface area contributed by atoms with Crippen molar-refractivity contribution in [3.8, 4) is 0 Å². The van der Waals surface area contributed by atoms with Gasteiger partial charge in [0.25, 0.3) is 0 Å². The summed E-state index contributed by atoms with van der Waals surface area (Å²) in [4.78, 5) is 27.0. The molecule has 1 aromatic heterocycles. The van der Waals surface area contributed by atoms with E-state index in [1.54, 1.807) is 6.26 Å². The molecule has 152 valence electrons. The highest BCUT2D eigenvalue weighted by molar-refractivity contribution is 5.89. The first kappa shape index (κ1) is 20.4. The number of nitrogens with one attached hydrogen (secondary N) is 1. The molecule has 0 bridgehead atoms. The van der Waals surface area contributed by atoms with Gasteiger partial charge in [0.1, 0.15) is 5.58 Å². The summed E-state index contributed by atoms with van der Waals surface area (Å²) in [7, 11) is 0. The number of piperidine rings is 1. The molecule has 1 unspecified atom stereocenters. The standard InChI is InChI=1S/C22H31N3O3/c1-14(2)18-11-19-17(13-28-20(19)9-15(18)3)10-21(26)25-8-4-5-16(12-25)22(27)24-7-6-23/h9,11,13-14,16H,4-8,10,12,23H2,1-3H3,(H,24,27). The van der Waals surface area contributed by atoms with Crippen molar-refractivity contribution < 1.29 is 14.0 Å². The van der Waals surface area contributed by atoms with Gasteiger partial charge in [-0.3, -0.25) is 9.59 Å². The number of amides is 2. The number of benzene rings is 1. The Kier molecular flexibility index (Phi) is 6.39. The minimum atomic E-state index is -0.152. The molecular weight excluding hydrogens is 354 g/mol. The first-order valence-electron chi connectivity index (χ1n) is 10.2. The third-order valence-corrected chi connectivity index (χ3v) is 5.59. The number of hydrogen-bond donors (Lipinski definition) is 2. The summed E-state index contributed by atoms with van der Waals surface area (Å²) in [6.45, 7) is 8.50. The maximum atomic E-state index is 12.9. The minimum Gasteiger partial charge on any atom is -0.464 e. The Labute approximate surface area is 166 Å². The molecule has 1 aliphatic rings. The molecule has 1 aromatic carbocycles. The van der Waals surface area contributed by atoms with Gasteiger partial charge in [-0.25, -0.2) is 0 Å². The van der Waals surface area contributed by atoms with Crippen LogP contribution in [-0.4, -0.2) is 42.9 Å². The molecule has 6 nitrogen and oxygen atoms in total. The van der Waals surface area contributed by atoms with Crippen LogP contribution in [0.3, 0.4) is 0 Å². The Morgan fingerprint density at radius 3 is 2.86 bits per heavy atom. The maximum absolute atomic E-state index is 12.9. The highest BCUT2D eigenvalue weighted by Gasteiger charge is 2.28. The van der Waals surface area contributed by atoms with Gasteiger partial charge in [-0.1, -0.05) is 13.8 Å². The fraction of sp³-hybridized carbons (Fsp3) is 0.545. The molecule has 1 saturated heterocycles. The van der Waals surface area contributed by atoms with Crippen LogP contribution in [0.15, 0.2) is 22.8 Å². The smallest absolute Gasteiger partial charge is 0.227 e. The highest BCUT2D eigenvalue weighted by atomic mass is 16.3. The second-order valence-electron chi connectivity index (χ2n) is 8.06. The molecule has 28 heavy (non-hydrogen) atoms. The van der Waals surface area contributed by atoms with Gasteiger partial charge >= 0.3 is 0 Å². The number of nitrogens with two attached hydrogens (primary N) is 1. The molecule has 3 N–H and O–H groups in total. The minimum absolute atomic E-state index is 0.00578. The van der Waals surface area contributed by atoms with E-state index in [1.807, 2.05) is 4.90 Å². The lowest BCUT2D eigenvalue weighted by molar-refractivity contribution is -0.135. The van der Waals surface area contributed by atoms with Crippen molar-refractivity contribution in [2.24, 2.45) is 11.7 Å². The Hall–Kier alpha value is -2.34. The molecule has 1 atom stereocenters. The summed E-state index contributed by atoms with van der Waals surface area (Å²) in [6, 6.07) is 4.21. The van der Waals surface area contributed by atoms with Gasteiger partial charge in [0, 0.05) is 37.1 Å². The van der Waals surface area contributed by atoms with Gasteiger partial charge in [-0.05, 0) is 48.9 Å². The van der Waals surface area contributed by atoms with Crippen molar-refractivity contribution >= 4 is 22.8 Å². The number of nitrogens with zero attached hydrogens (tertiary/aromatic N) is 1. The largest absolute Gasteiger partial charge is 0.464 e. The van der Waals surface area contributed by atoms with Crippen LogP contribution < -0.4 is 11.1 Å². The first-order valence-corrected chi connectivity index (χ1v) is 10.2. The predicted molar refractivity (Wildman–Crippen MR) is 110 cm³/mol. The molecule has 6 heteroatoms. The Morgan fingerprint density at radius 1 is 1.36 bits per heavy atom. The molecule has 1 fully saturated rings. The second-order valence-corrected chi connectivity index (χ2v) is 8.06. The summed E-state index contributed by atoms with van der Waals surface area (Å²) < 4.78 is 5.71. The SMILES string of the molecule is Cc1cc2occ(CC(=O)N3CCCC(C(=O)NCCN)C3)c2cc1C(C)C. The third-order valence-electron chi connectivity index (χ3n) is 5.59. The van der Waals surface area contributed by atoms with E-state index in [0.29, 0.717) is 38.5 Å². The van der Waals surface area contributed by atoms with Crippen LogP contribution in [0, 0.1) is 12.8 Å². The summed E-state index contributed by atoms with van der Waals surface area (Å²) >= 11 is 0. The summed E-state index contributed by atoms with van der Waals surface area (Å²) in [5.74, 6) is 0.303. The van der Waals surface area contributed by atoms with Crippen molar-refractivity contribution in [2.45, 2.75) is 46.0 Å². The number of furan rings is 1. The monoisotopic (exact) mass is 385 g/mol. The zero-order valence-corrected chi connectivity index (χ0v) is 17.1. The summed E-state index contributed by atoms with van der Waals surface area (Å²) in [5.41, 5.74) is 9.67. The Balaban J connectivity index is 1.72. The molecule has 0 saturated carbocycles. The van der Waals surface area contributed by atoms with E-state index in [4.69, 9.17) is 10.2 Å². The van der Waals surface area contributed by atoms with Gasteiger partial charge in [0.05, 0.1) is 18.6 Å². The zero-order chi connectivity index (χ0) is 20.3. The number of rotatable bonds is 6. The van der Waals surface area contributed by atoms with E-state index in [-0.39, 0.29) is 17.7 Å². The van der Waals surface area contributed by atoms with Crippen molar-refractivity contribution in [3.05, 3.63) is 35.1 Å². The fourth-order valence-electron chi connectivity index (χ4n) is 4.04. The predicted octanol–water partition coefficient (Wildman–Crippen LogP) is 2.72. The van der Waals surface area contributed by atoms with Crippen molar-refractivity contribution in [2.75, 3.05) is 26.2 Å². The second kappa shape index (κ2) is 8.78. The Bertz CT molecular complexity index is 856. The Morgan fingerprint density at radius 2 is 2.14 bits per heavy atom. The van der Waals surface area contributed by atoms with Gasteiger partial charge in [0.15, 0.2) is 0 Å². The van der Waals surface area contributed by atoms with Gasteiger partial charge in [-0.15, -0.1) is 0 Å². The van der Waals surface area contributed by atoms with Crippen LogP contribution >= 0.6 is 0 Å². The van der Waals surface area contributed by atoms with Gasteiger partial charge in [0.2, 0.25) is 11.8 Å². The number of hydrogen-bond acceptors (Lipinski definition) is 4. The van der Waals surface area contributed by atoms with Crippen LogP contribution in [0.1, 0.15) is 49.3 Å². The zero-order valence-electron chi connectivity index (χ0n) is 17.1. The molecule has 2 aromatic rings. The van der Waals surface area contributed by atoms with Crippen LogP contribution in [0.5, 0.6) is 0 Å². The van der Waals surface area contributed by atoms with Crippen molar-refractivity contribution in [1.82, 2.24) is 10.2 Å². The van der Waals surface area contributed by atoms with E-state index in [0.717, 1.165) is 29.4 Å². The number of fused-ring (bicyclic) bond motifs is 1. The lowest BCUT2D eigenvalue weighted by atomic mass is 9.94. The van der Waals surface area contributed by atoms with E-state index in [1.165, 1.54) is 11.1 Å². The normalized spacial score (nSPS) is 17.3. The summed E-state index contributed by atoms with van der Waals surface area (Å²) in [6.07, 6.45) is 3.65. The molecule has 2 amide bonds. The fourth-order valence-corrected chi connectivity index (χ4v) is 4.04. The van der Waals surface area contributed by atoms with Gasteiger partial charge < -0.3 is 20.4 Å². The van der Waals surface area contributed by atoms with Crippen LogP contribution in [0.2, 0.25) is 0 Å². The number of likely N-dealkylation sites (tertiary alicyclic amines) is 1. The van der Waals surface area contributed by atoms with E-state index < -0.39 is 0 Å². The molecule has 2 heterocycles. The molecule has 1 aliphatic heterocycles. The average molecular weight is 386 g/mol. The summed E-state index contributed by atoms with van der Waals surface area (Å²) in [5, 5.41) is 3.85. The first-order chi connectivity index (χ1) is 13.4. The van der Waals surface area contributed by atoms with E-state index in [9.17, 15) is 9.59 Å². The van der Waals surface area contributed by atoms with Crippen LogP contribution in [0.25, 0.3) is 11.0 Å². The number of carbonyl (C=O) groups excluding carboxylic acids is 2. The topological polar surface area (TPSA) is 88.6 Å². The molecule has 0 aliphatic carbocycles. The highest BCUT2D eigenvalue weighted by Crippen LogP contribution is 2.29. The van der Waals surface area contributed by atoms with E-state index in [2.05, 4.69) is 38.2 Å². The average Bonchev–Trinajstić information content (AvgIpc) is 3.06. The van der Waals surface area contributed by atoms with Gasteiger partial charge in [-0.2, -0.15) is 0 Å². The number of aryl methyl sites for hydroxylation is 1. The van der Waals surface area contributed by atoms with Crippen LogP contribution in [-0.2, 0) is 16.0 Å². The van der Waals surface area contributed by atoms with E-state index >= 15 is 0 Å². The molecular formula is C22H31N3O3. The van der Waals surface area contributed by atoms with Crippen LogP contribution in [0.4, 0.5) is 0 Å². The lowest BCUT2D eigenvalue weighted by Crippen LogP contribution is -2.46. The third kappa shape index (κ3) is 4.38. The van der Waals surface area contributed by atoms with Crippen molar-refractivity contribution in [1.29, 1.82) is 0 Å². The number of carbonyl (C=O) groups is 2. The molecule has 0 spiro atoms. The quantitative estimate of drug-likeness (QED) is 0.800. The van der Waals surface area contributed by atoms with Crippen molar-refractivity contribution in [3.63, 3.8) is 0 Å². The molecule has 0 radical (unpaired) electrons.